The Morgan fingerprint density at radius 1 is 0.944 bits per heavy atom. The topological polar surface area (TPSA) is 134 Å². The van der Waals surface area contributed by atoms with Crippen LogP contribution in [0.3, 0.4) is 0 Å². The van der Waals surface area contributed by atoms with Gasteiger partial charge < -0.3 is 19.1 Å². The van der Waals surface area contributed by atoms with E-state index in [-0.39, 0.29) is 41.8 Å². The quantitative estimate of drug-likeness (QED) is 0.229. The van der Waals surface area contributed by atoms with Crippen molar-refractivity contribution in [2.75, 3.05) is 6.54 Å². The molecule has 0 aliphatic carbocycles. The average molecular weight is 730 g/mol. The molecular formula is C39H33F2N9O4. The standard InChI is InChI=1S/C39H33F2N9O4/c1-21-5-6-30-24(13-21)16-33(49(30)19-26-17-34(51)44-54-26)38(52)46-10-9-29-28(20-46)37(50(43-29)25-14-22(2)35(40)23(3)15-25)48-12-11-47(39(48)53)32-8-7-31-27(36(32)41)18-42-45(31)4/h5-8,11-18H,9-10,19-20H2,1-4H3,(H,44,51). The Labute approximate surface area is 305 Å². The highest BCUT2D eigenvalue weighted by molar-refractivity contribution is 5.99. The van der Waals surface area contributed by atoms with Crippen molar-refractivity contribution in [2.24, 2.45) is 7.05 Å². The smallest absolute Gasteiger partial charge is 0.338 e. The fraction of sp³-hybridized carbons (Fsp3) is 0.205. The minimum Gasteiger partial charge on any atom is -0.491 e. The first-order valence-corrected chi connectivity index (χ1v) is 17.3. The first-order valence-electron chi connectivity index (χ1n) is 17.3. The number of carbonyl (C=O) groups excluding carboxylic acids is 1. The summed E-state index contributed by atoms with van der Waals surface area (Å²) in [6.45, 7) is 5.88. The third kappa shape index (κ3) is 5.14. The molecule has 0 saturated carbocycles. The number of hydrogen-bond donors (Lipinski definition) is 1. The lowest BCUT2D eigenvalue weighted by atomic mass is 10.1. The van der Waals surface area contributed by atoms with Crippen LogP contribution in [0.1, 0.15) is 44.2 Å². The minimum absolute atomic E-state index is 0.0487. The van der Waals surface area contributed by atoms with Crippen molar-refractivity contribution >= 4 is 27.7 Å². The number of nitrogens with zero attached hydrogens (tertiary/aromatic N) is 9. The van der Waals surface area contributed by atoms with Crippen LogP contribution in [0.25, 0.3) is 39.0 Å². The van der Waals surface area contributed by atoms with E-state index in [1.165, 1.54) is 33.7 Å². The van der Waals surface area contributed by atoms with Crippen LogP contribution < -0.4 is 5.69 Å². The van der Waals surface area contributed by atoms with Crippen molar-refractivity contribution in [1.82, 2.24) is 43.3 Å². The molecule has 6 heterocycles. The number of aryl methyl sites for hydroxylation is 4. The second kappa shape index (κ2) is 12.1. The molecule has 54 heavy (non-hydrogen) atoms. The van der Waals surface area contributed by atoms with Crippen molar-refractivity contribution in [3.05, 3.63) is 135 Å². The molecule has 0 spiro atoms. The van der Waals surface area contributed by atoms with Crippen LogP contribution in [-0.2, 0) is 26.6 Å². The predicted molar refractivity (Wildman–Crippen MR) is 195 cm³/mol. The third-order valence-corrected chi connectivity index (χ3v) is 10.2. The van der Waals surface area contributed by atoms with Gasteiger partial charge in [-0.15, -0.1) is 0 Å². The maximum atomic E-state index is 15.9. The molecule has 1 amide bonds. The van der Waals surface area contributed by atoms with Crippen LogP contribution in [0.15, 0.2) is 82.5 Å². The summed E-state index contributed by atoms with van der Waals surface area (Å²) in [5.41, 5.74) is 4.93. The molecule has 272 valence electrons. The van der Waals surface area contributed by atoms with Crippen molar-refractivity contribution < 1.29 is 23.2 Å². The van der Waals surface area contributed by atoms with E-state index in [0.29, 0.717) is 63.8 Å². The summed E-state index contributed by atoms with van der Waals surface area (Å²) in [5, 5.41) is 23.7. The van der Waals surface area contributed by atoms with Gasteiger partial charge in [-0.05, 0) is 79.5 Å². The molecule has 0 fully saturated rings. The van der Waals surface area contributed by atoms with Crippen LogP contribution in [0.5, 0.6) is 5.88 Å². The predicted octanol–water partition coefficient (Wildman–Crippen LogP) is 5.80. The van der Waals surface area contributed by atoms with Gasteiger partial charge in [-0.1, -0.05) is 11.6 Å². The van der Waals surface area contributed by atoms with Gasteiger partial charge in [-0.25, -0.2) is 18.3 Å². The summed E-state index contributed by atoms with van der Waals surface area (Å²) in [5.74, 6) is -0.727. The highest BCUT2D eigenvalue weighted by Gasteiger charge is 2.32. The molecule has 3 aromatic carbocycles. The molecule has 0 atom stereocenters. The molecule has 8 aromatic rings. The normalized spacial score (nSPS) is 13.0. The zero-order valence-corrected chi connectivity index (χ0v) is 29.7. The van der Waals surface area contributed by atoms with E-state index < -0.39 is 11.5 Å². The van der Waals surface area contributed by atoms with E-state index in [9.17, 15) is 19.1 Å². The first kappa shape index (κ1) is 33.1. The van der Waals surface area contributed by atoms with E-state index in [4.69, 9.17) is 9.62 Å². The number of carbonyl (C=O) groups is 1. The fourth-order valence-electron chi connectivity index (χ4n) is 7.53. The van der Waals surface area contributed by atoms with E-state index in [0.717, 1.165) is 16.5 Å². The lowest BCUT2D eigenvalue weighted by molar-refractivity contribution is 0.0724. The van der Waals surface area contributed by atoms with Gasteiger partial charge in [0.25, 0.3) is 11.8 Å². The zero-order valence-electron chi connectivity index (χ0n) is 29.7. The fourth-order valence-corrected chi connectivity index (χ4v) is 7.53. The highest BCUT2D eigenvalue weighted by Crippen LogP contribution is 2.32. The summed E-state index contributed by atoms with van der Waals surface area (Å²) in [6, 6.07) is 15.7. The molecule has 1 N–H and O–H groups in total. The SMILES string of the molecule is Cc1ccc2c(c1)cc(C(=O)N1CCc3nn(-c4cc(C)c(F)c(C)c4)c(-n4ccn(-c5ccc6c(cnn6C)c5F)c4=O)c3C1)n2Cc1cc(O)no1. The number of fused-ring (bicyclic) bond motifs is 3. The Kier molecular flexibility index (Phi) is 7.45. The number of aromatic nitrogens is 8. The van der Waals surface area contributed by atoms with Gasteiger partial charge in [0.05, 0.1) is 47.3 Å². The Morgan fingerprint density at radius 3 is 2.46 bits per heavy atom. The molecular weight excluding hydrogens is 696 g/mol. The molecule has 0 bridgehead atoms. The molecule has 9 rings (SSSR count). The molecule has 0 radical (unpaired) electrons. The second-order valence-electron chi connectivity index (χ2n) is 13.8. The van der Waals surface area contributed by atoms with Crippen LogP contribution in [0.2, 0.25) is 0 Å². The van der Waals surface area contributed by atoms with Crippen molar-refractivity contribution in [3.8, 4) is 23.1 Å². The Morgan fingerprint density at radius 2 is 1.70 bits per heavy atom. The maximum absolute atomic E-state index is 15.9. The van der Waals surface area contributed by atoms with Gasteiger partial charge >= 0.3 is 5.69 Å². The summed E-state index contributed by atoms with van der Waals surface area (Å²) in [6.07, 6.45) is 4.82. The highest BCUT2D eigenvalue weighted by atomic mass is 19.1. The Hall–Kier alpha value is -6.77. The molecule has 15 heteroatoms. The lowest BCUT2D eigenvalue weighted by Crippen LogP contribution is -2.37. The number of rotatable bonds is 6. The van der Waals surface area contributed by atoms with Crippen LogP contribution in [0.4, 0.5) is 8.78 Å². The van der Waals surface area contributed by atoms with Crippen LogP contribution in [0, 0.1) is 32.4 Å². The Balaban J connectivity index is 1.17. The summed E-state index contributed by atoms with van der Waals surface area (Å²) < 4.78 is 43.6. The van der Waals surface area contributed by atoms with Gasteiger partial charge in [0, 0.05) is 54.9 Å². The lowest BCUT2D eigenvalue weighted by Gasteiger charge is -2.27. The van der Waals surface area contributed by atoms with Gasteiger partial charge in [0.1, 0.15) is 17.3 Å². The largest absolute Gasteiger partial charge is 0.491 e. The van der Waals surface area contributed by atoms with E-state index >= 15 is 4.39 Å². The minimum atomic E-state index is -0.594. The van der Waals surface area contributed by atoms with Crippen LogP contribution in [-0.4, -0.2) is 60.9 Å². The van der Waals surface area contributed by atoms with E-state index in [1.54, 1.807) is 59.6 Å². The molecule has 13 nitrogen and oxygen atoms in total. The molecule has 0 saturated heterocycles. The second-order valence-corrected chi connectivity index (χ2v) is 13.8. The van der Waals surface area contributed by atoms with E-state index in [2.05, 4.69) is 10.3 Å². The number of halogens is 2. The van der Waals surface area contributed by atoms with Gasteiger partial charge in [-0.3, -0.25) is 18.6 Å². The maximum Gasteiger partial charge on any atom is 0.338 e. The molecule has 1 aliphatic rings. The summed E-state index contributed by atoms with van der Waals surface area (Å²) >= 11 is 0. The van der Waals surface area contributed by atoms with Gasteiger partial charge in [0.2, 0.25) is 0 Å². The number of aromatic hydroxyl groups is 1. The van der Waals surface area contributed by atoms with Gasteiger partial charge in [-0.2, -0.15) is 10.2 Å². The number of benzene rings is 3. The molecule has 5 aromatic heterocycles. The number of imidazole rings is 1. The molecule has 0 unspecified atom stereocenters. The third-order valence-electron chi connectivity index (χ3n) is 10.2. The summed E-state index contributed by atoms with van der Waals surface area (Å²) in [7, 11) is 1.71. The zero-order chi connectivity index (χ0) is 37.6. The van der Waals surface area contributed by atoms with E-state index in [1.807, 2.05) is 35.8 Å². The first-order chi connectivity index (χ1) is 26.0. The number of amides is 1. The van der Waals surface area contributed by atoms with Gasteiger partial charge in [0.15, 0.2) is 11.6 Å². The van der Waals surface area contributed by atoms with Crippen molar-refractivity contribution in [1.29, 1.82) is 0 Å². The number of hydrogen-bond acceptors (Lipinski definition) is 7. The molecule has 1 aliphatic heterocycles. The Bertz CT molecular complexity index is 2860. The summed E-state index contributed by atoms with van der Waals surface area (Å²) in [4.78, 5) is 30.6. The van der Waals surface area contributed by atoms with Crippen LogP contribution >= 0.6 is 0 Å². The monoisotopic (exact) mass is 729 g/mol. The average Bonchev–Trinajstić information content (AvgIpc) is 3.98. The van der Waals surface area contributed by atoms with Crippen molar-refractivity contribution in [3.63, 3.8) is 0 Å². The van der Waals surface area contributed by atoms with Crippen molar-refractivity contribution in [2.45, 2.75) is 40.3 Å².